The minimum atomic E-state index is 0.00202. The van der Waals surface area contributed by atoms with E-state index in [-0.39, 0.29) is 5.91 Å². The minimum Gasteiger partial charge on any atom is -0.308 e. The minimum absolute atomic E-state index is 0.00202. The van der Waals surface area contributed by atoms with Crippen molar-refractivity contribution in [1.29, 1.82) is 0 Å². The van der Waals surface area contributed by atoms with Crippen LogP contribution in [0, 0.1) is 13.8 Å². The highest BCUT2D eigenvalue weighted by Gasteiger charge is 2.19. The SMILES string of the molecule is CCN(C(=O)c1cnc(-c2ccccc2)s1)c1cc(C)cc(C)c1. The van der Waals surface area contributed by atoms with Gasteiger partial charge in [0.1, 0.15) is 9.88 Å². The lowest BCUT2D eigenvalue weighted by Gasteiger charge is -2.21. The van der Waals surface area contributed by atoms with Gasteiger partial charge in [-0.3, -0.25) is 4.79 Å². The van der Waals surface area contributed by atoms with E-state index in [0.717, 1.165) is 27.4 Å². The van der Waals surface area contributed by atoms with Gasteiger partial charge in [-0.05, 0) is 44.0 Å². The summed E-state index contributed by atoms with van der Waals surface area (Å²) in [5, 5.41) is 0.871. The summed E-state index contributed by atoms with van der Waals surface area (Å²) >= 11 is 1.44. The molecule has 0 saturated carbocycles. The molecule has 0 fully saturated rings. The quantitative estimate of drug-likeness (QED) is 0.664. The van der Waals surface area contributed by atoms with Gasteiger partial charge in [-0.15, -0.1) is 11.3 Å². The third-order valence-corrected chi connectivity index (χ3v) is 4.85. The zero-order chi connectivity index (χ0) is 17.1. The molecule has 1 heterocycles. The smallest absolute Gasteiger partial charge is 0.269 e. The Morgan fingerprint density at radius 2 is 1.75 bits per heavy atom. The van der Waals surface area contributed by atoms with Crippen molar-refractivity contribution in [3.05, 3.63) is 70.7 Å². The van der Waals surface area contributed by atoms with E-state index in [0.29, 0.717) is 11.4 Å². The Bertz CT molecular complexity index is 835. The molecule has 0 spiro atoms. The number of amides is 1. The molecule has 0 aliphatic carbocycles. The van der Waals surface area contributed by atoms with E-state index >= 15 is 0 Å². The Hall–Kier alpha value is -2.46. The Morgan fingerprint density at radius 1 is 1.08 bits per heavy atom. The molecule has 3 rings (SSSR count). The van der Waals surface area contributed by atoms with Gasteiger partial charge in [0.25, 0.3) is 5.91 Å². The molecule has 1 amide bonds. The highest BCUT2D eigenvalue weighted by molar-refractivity contribution is 7.17. The fourth-order valence-electron chi connectivity index (χ4n) is 2.77. The lowest BCUT2D eigenvalue weighted by Crippen LogP contribution is -2.30. The Morgan fingerprint density at radius 3 is 2.38 bits per heavy atom. The third-order valence-electron chi connectivity index (χ3n) is 3.82. The van der Waals surface area contributed by atoms with Gasteiger partial charge < -0.3 is 4.90 Å². The number of aryl methyl sites for hydroxylation is 2. The van der Waals surface area contributed by atoms with E-state index in [1.165, 1.54) is 11.3 Å². The van der Waals surface area contributed by atoms with Crippen LogP contribution in [0.5, 0.6) is 0 Å². The molecule has 3 nitrogen and oxygen atoms in total. The molecular weight excluding hydrogens is 316 g/mol. The number of carbonyl (C=O) groups is 1. The van der Waals surface area contributed by atoms with E-state index in [1.54, 1.807) is 6.20 Å². The van der Waals surface area contributed by atoms with Crippen LogP contribution in [0.2, 0.25) is 0 Å². The van der Waals surface area contributed by atoms with Crippen molar-refractivity contribution in [1.82, 2.24) is 4.98 Å². The molecule has 3 aromatic rings. The summed E-state index contributed by atoms with van der Waals surface area (Å²) in [6.07, 6.45) is 1.68. The Labute approximate surface area is 146 Å². The van der Waals surface area contributed by atoms with Crippen LogP contribution in [0.4, 0.5) is 5.69 Å². The summed E-state index contributed by atoms with van der Waals surface area (Å²) in [4.78, 5) is 19.8. The molecule has 24 heavy (non-hydrogen) atoms. The third kappa shape index (κ3) is 3.39. The van der Waals surface area contributed by atoms with Gasteiger partial charge in [0.15, 0.2) is 0 Å². The number of thiazole rings is 1. The molecular formula is C20H20N2OS. The topological polar surface area (TPSA) is 33.2 Å². The maximum atomic E-state index is 12.9. The van der Waals surface area contributed by atoms with Gasteiger partial charge in [0, 0.05) is 17.8 Å². The van der Waals surface area contributed by atoms with Gasteiger partial charge in [0.05, 0.1) is 6.20 Å². The van der Waals surface area contributed by atoms with Crippen LogP contribution in [-0.2, 0) is 0 Å². The molecule has 2 aromatic carbocycles. The van der Waals surface area contributed by atoms with Crippen LogP contribution in [0.25, 0.3) is 10.6 Å². The molecule has 0 bridgehead atoms. The number of carbonyl (C=O) groups excluding carboxylic acids is 1. The van der Waals surface area contributed by atoms with Gasteiger partial charge >= 0.3 is 0 Å². The zero-order valence-corrected chi connectivity index (χ0v) is 14.9. The fraction of sp³-hybridized carbons (Fsp3) is 0.200. The molecule has 0 radical (unpaired) electrons. The Balaban J connectivity index is 1.91. The van der Waals surface area contributed by atoms with Crippen LogP contribution in [-0.4, -0.2) is 17.4 Å². The van der Waals surface area contributed by atoms with E-state index in [2.05, 4.69) is 24.9 Å². The molecule has 0 aliphatic rings. The summed E-state index contributed by atoms with van der Waals surface area (Å²) in [6, 6.07) is 16.2. The predicted octanol–water partition coefficient (Wildman–Crippen LogP) is 5.09. The van der Waals surface area contributed by atoms with Crippen LogP contribution in [0.3, 0.4) is 0 Å². The number of rotatable bonds is 4. The number of benzene rings is 2. The first kappa shape index (κ1) is 16.4. The van der Waals surface area contributed by atoms with Crippen LogP contribution in [0.1, 0.15) is 27.7 Å². The fourth-order valence-corrected chi connectivity index (χ4v) is 3.64. The molecule has 0 aliphatic heterocycles. The first-order valence-electron chi connectivity index (χ1n) is 8.00. The average Bonchev–Trinajstić information content (AvgIpc) is 3.05. The molecule has 0 atom stereocenters. The average molecular weight is 336 g/mol. The summed E-state index contributed by atoms with van der Waals surface area (Å²) in [6.45, 7) is 6.72. The van der Waals surface area contributed by atoms with Gasteiger partial charge in [-0.2, -0.15) is 0 Å². The number of aromatic nitrogens is 1. The van der Waals surface area contributed by atoms with Crippen molar-refractivity contribution in [3.8, 4) is 10.6 Å². The first-order chi connectivity index (χ1) is 11.6. The lowest BCUT2D eigenvalue weighted by atomic mass is 10.1. The van der Waals surface area contributed by atoms with Crippen molar-refractivity contribution in [2.45, 2.75) is 20.8 Å². The second-order valence-corrected chi connectivity index (χ2v) is 6.82. The maximum Gasteiger partial charge on any atom is 0.269 e. The Kier molecular flexibility index (Phi) is 4.76. The molecule has 122 valence electrons. The number of hydrogen-bond donors (Lipinski definition) is 0. The summed E-state index contributed by atoms with van der Waals surface area (Å²) in [5.41, 5.74) is 4.29. The largest absolute Gasteiger partial charge is 0.308 e. The summed E-state index contributed by atoms with van der Waals surface area (Å²) in [7, 11) is 0. The molecule has 4 heteroatoms. The molecule has 0 saturated heterocycles. The van der Waals surface area contributed by atoms with Crippen molar-refractivity contribution < 1.29 is 4.79 Å². The van der Waals surface area contributed by atoms with Crippen molar-refractivity contribution in [3.63, 3.8) is 0 Å². The maximum absolute atomic E-state index is 12.9. The number of nitrogens with zero attached hydrogens (tertiary/aromatic N) is 2. The van der Waals surface area contributed by atoms with Crippen molar-refractivity contribution in [2.24, 2.45) is 0 Å². The van der Waals surface area contributed by atoms with E-state index in [9.17, 15) is 4.79 Å². The first-order valence-corrected chi connectivity index (χ1v) is 8.81. The van der Waals surface area contributed by atoms with Crippen LogP contribution < -0.4 is 4.90 Å². The second-order valence-electron chi connectivity index (χ2n) is 5.79. The van der Waals surface area contributed by atoms with Crippen molar-refractivity contribution >= 4 is 22.9 Å². The summed E-state index contributed by atoms with van der Waals surface area (Å²) in [5.74, 6) is 0.00202. The van der Waals surface area contributed by atoms with Gasteiger partial charge in [-0.25, -0.2) is 4.98 Å². The predicted molar refractivity (Wildman–Crippen MR) is 101 cm³/mol. The standard InChI is InChI=1S/C20H20N2OS/c1-4-22(17-11-14(2)10-15(3)12-17)20(23)18-13-21-19(24-18)16-8-6-5-7-9-16/h5-13H,4H2,1-3H3. The lowest BCUT2D eigenvalue weighted by molar-refractivity contribution is 0.0992. The van der Waals surface area contributed by atoms with Crippen LogP contribution in [0.15, 0.2) is 54.7 Å². The normalized spacial score (nSPS) is 10.6. The molecule has 0 N–H and O–H groups in total. The van der Waals surface area contributed by atoms with Gasteiger partial charge in [0.2, 0.25) is 0 Å². The highest BCUT2D eigenvalue weighted by atomic mass is 32.1. The van der Waals surface area contributed by atoms with Gasteiger partial charge in [-0.1, -0.05) is 36.4 Å². The van der Waals surface area contributed by atoms with E-state index in [1.807, 2.05) is 54.3 Å². The summed E-state index contributed by atoms with van der Waals surface area (Å²) < 4.78 is 0. The van der Waals surface area contributed by atoms with E-state index in [4.69, 9.17) is 0 Å². The monoisotopic (exact) mass is 336 g/mol. The second kappa shape index (κ2) is 6.97. The van der Waals surface area contributed by atoms with Crippen molar-refractivity contribution in [2.75, 3.05) is 11.4 Å². The number of hydrogen-bond acceptors (Lipinski definition) is 3. The van der Waals surface area contributed by atoms with E-state index < -0.39 is 0 Å². The molecule has 0 unspecified atom stereocenters. The van der Waals surface area contributed by atoms with Crippen LogP contribution >= 0.6 is 11.3 Å². The highest BCUT2D eigenvalue weighted by Crippen LogP contribution is 2.27. The molecule has 1 aromatic heterocycles. The zero-order valence-electron chi connectivity index (χ0n) is 14.1. The number of anilines is 1.